The number of carbonyl (C=O) groups is 3. The Labute approximate surface area is 158 Å². The van der Waals surface area contributed by atoms with Gasteiger partial charge in [0.2, 0.25) is 5.91 Å². The molecule has 0 fully saturated rings. The second-order valence-corrected chi connectivity index (χ2v) is 6.27. The maximum absolute atomic E-state index is 12.6. The number of carboxylic acid groups (broad SMARTS) is 1. The Morgan fingerprint density at radius 2 is 1.70 bits per heavy atom. The second-order valence-electron chi connectivity index (χ2n) is 6.27. The molecular formula is C21H24N2O4. The van der Waals surface area contributed by atoms with Gasteiger partial charge in [0.25, 0.3) is 5.91 Å². The quantitative estimate of drug-likeness (QED) is 0.667. The van der Waals surface area contributed by atoms with Crippen molar-refractivity contribution in [3.63, 3.8) is 0 Å². The molecule has 6 heteroatoms. The van der Waals surface area contributed by atoms with Crippen LogP contribution in [-0.2, 0) is 15.0 Å². The van der Waals surface area contributed by atoms with Crippen molar-refractivity contribution in [3.05, 3.63) is 65.7 Å². The summed E-state index contributed by atoms with van der Waals surface area (Å²) in [6.45, 7) is 3.49. The maximum Gasteiger partial charge on any atom is 0.315 e. The molecule has 0 aromatic heterocycles. The molecule has 0 saturated heterocycles. The number of amides is 2. The molecule has 0 radical (unpaired) electrons. The lowest BCUT2D eigenvalue weighted by molar-refractivity contribution is -0.143. The van der Waals surface area contributed by atoms with Crippen LogP contribution in [0.1, 0.15) is 42.6 Å². The van der Waals surface area contributed by atoms with Gasteiger partial charge in [-0.05, 0) is 30.2 Å². The molecule has 0 bridgehead atoms. The van der Waals surface area contributed by atoms with Crippen LogP contribution in [0.2, 0.25) is 0 Å². The van der Waals surface area contributed by atoms with Gasteiger partial charge in [0.05, 0.1) is 0 Å². The van der Waals surface area contributed by atoms with Crippen molar-refractivity contribution in [2.75, 3.05) is 11.9 Å². The number of carbonyl (C=O) groups excluding carboxylic acids is 2. The summed E-state index contributed by atoms with van der Waals surface area (Å²) in [4.78, 5) is 36.1. The molecule has 2 aromatic rings. The Balaban J connectivity index is 2.18. The molecule has 0 heterocycles. The summed E-state index contributed by atoms with van der Waals surface area (Å²) in [5, 5.41) is 15.3. The van der Waals surface area contributed by atoms with Crippen molar-refractivity contribution in [2.45, 2.75) is 32.1 Å². The highest BCUT2D eigenvalue weighted by Crippen LogP contribution is 2.28. The monoisotopic (exact) mass is 368 g/mol. The van der Waals surface area contributed by atoms with Crippen LogP contribution in [0.15, 0.2) is 54.6 Å². The Morgan fingerprint density at radius 3 is 2.30 bits per heavy atom. The van der Waals surface area contributed by atoms with Gasteiger partial charge in [-0.1, -0.05) is 50.2 Å². The Bertz CT molecular complexity index is 820. The van der Waals surface area contributed by atoms with Crippen molar-refractivity contribution in [2.24, 2.45) is 0 Å². The van der Waals surface area contributed by atoms with Gasteiger partial charge in [-0.25, -0.2) is 0 Å². The van der Waals surface area contributed by atoms with Gasteiger partial charge in [-0.3, -0.25) is 14.4 Å². The zero-order valence-electron chi connectivity index (χ0n) is 15.5. The maximum atomic E-state index is 12.6. The predicted octanol–water partition coefficient (Wildman–Crippen LogP) is 3.20. The van der Waals surface area contributed by atoms with E-state index in [0.717, 1.165) is 0 Å². The third-order valence-corrected chi connectivity index (χ3v) is 4.62. The predicted molar refractivity (Wildman–Crippen MR) is 104 cm³/mol. The molecule has 3 N–H and O–H groups in total. The molecule has 1 atom stereocenters. The number of anilines is 1. The lowest BCUT2D eigenvalue weighted by Gasteiger charge is -2.29. The Hall–Kier alpha value is -3.15. The summed E-state index contributed by atoms with van der Waals surface area (Å²) in [5.74, 6) is -1.52. The van der Waals surface area contributed by atoms with Crippen LogP contribution in [0, 0.1) is 0 Å². The number of rotatable bonds is 8. The Morgan fingerprint density at radius 1 is 1.00 bits per heavy atom. The number of aliphatic carboxylic acids is 1. The zero-order valence-corrected chi connectivity index (χ0v) is 15.5. The van der Waals surface area contributed by atoms with E-state index < -0.39 is 17.3 Å². The average Bonchev–Trinajstić information content (AvgIpc) is 2.69. The van der Waals surface area contributed by atoms with E-state index in [1.807, 2.05) is 6.07 Å². The van der Waals surface area contributed by atoms with E-state index in [0.29, 0.717) is 29.7 Å². The first-order chi connectivity index (χ1) is 12.9. The zero-order chi connectivity index (χ0) is 19.9. The molecule has 2 rings (SSSR count). The van der Waals surface area contributed by atoms with Crippen LogP contribution < -0.4 is 10.6 Å². The number of hydrogen-bond acceptors (Lipinski definition) is 3. The highest BCUT2D eigenvalue weighted by molar-refractivity contribution is 5.97. The Kier molecular flexibility index (Phi) is 6.71. The lowest BCUT2D eigenvalue weighted by Crippen LogP contribution is -2.46. The average molecular weight is 368 g/mol. The fourth-order valence-corrected chi connectivity index (χ4v) is 2.86. The summed E-state index contributed by atoms with van der Waals surface area (Å²) >= 11 is 0. The van der Waals surface area contributed by atoms with Gasteiger partial charge in [0, 0.05) is 24.2 Å². The fraction of sp³-hybridized carbons (Fsp3) is 0.286. The molecule has 0 aliphatic rings. The summed E-state index contributed by atoms with van der Waals surface area (Å²) < 4.78 is 0. The molecule has 2 amide bonds. The van der Waals surface area contributed by atoms with Crippen LogP contribution in [0.25, 0.3) is 0 Å². The minimum Gasteiger partial charge on any atom is -0.481 e. The largest absolute Gasteiger partial charge is 0.481 e. The van der Waals surface area contributed by atoms with Gasteiger partial charge in [0.1, 0.15) is 5.41 Å². The number of carboxylic acids is 1. The van der Waals surface area contributed by atoms with Crippen molar-refractivity contribution >= 4 is 23.5 Å². The summed E-state index contributed by atoms with van der Waals surface area (Å²) in [6.07, 6.45) is 0.671. The van der Waals surface area contributed by atoms with E-state index in [-0.39, 0.29) is 12.5 Å². The van der Waals surface area contributed by atoms with Gasteiger partial charge in [0.15, 0.2) is 0 Å². The molecule has 0 spiro atoms. The van der Waals surface area contributed by atoms with E-state index in [1.165, 1.54) is 0 Å². The molecule has 1 unspecified atom stereocenters. The number of benzene rings is 2. The minimum absolute atomic E-state index is 0.0345. The van der Waals surface area contributed by atoms with Crippen molar-refractivity contribution in [1.29, 1.82) is 0 Å². The first-order valence-electron chi connectivity index (χ1n) is 8.90. The van der Waals surface area contributed by atoms with Gasteiger partial charge >= 0.3 is 5.97 Å². The standard InChI is InChI=1S/C21H24N2O4/c1-3-18(24)23-17-12-8-9-15(13-17)19(25)22-14-21(4-2,20(26)27)16-10-6-5-7-11-16/h5-13H,3-4,14H2,1-2H3,(H,22,25)(H,23,24)(H,26,27). The van der Waals surface area contributed by atoms with Gasteiger partial charge in [-0.15, -0.1) is 0 Å². The van der Waals surface area contributed by atoms with Crippen molar-refractivity contribution < 1.29 is 19.5 Å². The summed E-state index contributed by atoms with van der Waals surface area (Å²) in [6, 6.07) is 15.4. The third-order valence-electron chi connectivity index (χ3n) is 4.62. The fourth-order valence-electron chi connectivity index (χ4n) is 2.86. The summed E-state index contributed by atoms with van der Waals surface area (Å²) in [7, 11) is 0. The molecule has 27 heavy (non-hydrogen) atoms. The normalized spacial score (nSPS) is 12.7. The van der Waals surface area contributed by atoms with E-state index in [1.54, 1.807) is 62.4 Å². The topological polar surface area (TPSA) is 95.5 Å². The SMILES string of the molecule is CCC(=O)Nc1cccc(C(=O)NCC(CC)(C(=O)O)c2ccccc2)c1. The number of hydrogen-bond donors (Lipinski definition) is 3. The van der Waals surface area contributed by atoms with E-state index in [9.17, 15) is 19.5 Å². The van der Waals surface area contributed by atoms with Crippen LogP contribution in [0.4, 0.5) is 5.69 Å². The van der Waals surface area contributed by atoms with Gasteiger partial charge < -0.3 is 15.7 Å². The molecule has 0 aliphatic carbocycles. The van der Waals surface area contributed by atoms with E-state index in [2.05, 4.69) is 10.6 Å². The molecule has 142 valence electrons. The molecular weight excluding hydrogens is 344 g/mol. The molecule has 6 nitrogen and oxygen atoms in total. The van der Waals surface area contributed by atoms with Crippen LogP contribution >= 0.6 is 0 Å². The smallest absolute Gasteiger partial charge is 0.315 e. The second kappa shape index (κ2) is 8.98. The molecule has 0 aliphatic heterocycles. The lowest BCUT2D eigenvalue weighted by atomic mass is 9.78. The van der Waals surface area contributed by atoms with Crippen molar-refractivity contribution in [1.82, 2.24) is 5.32 Å². The van der Waals surface area contributed by atoms with E-state index in [4.69, 9.17) is 0 Å². The highest BCUT2D eigenvalue weighted by Gasteiger charge is 2.39. The van der Waals surface area contributed by atoms with Crippen molar-refractivity contribution in [3.8, 4) is 0 Å². The molecule has 0 saturated carbocycles. The van der Waals surface area contributed by atoms with Crippen LogP contribution in [0.5, 0.6) is 0 Å². The number of nitrogens with one attached hydrogen (secondary N) is 2. The minimum atomic E-state index is -1.20. The van der Waals surface area contributed by atoms with E-state index >= 15 is 0 Å². The van der Waals surface area contributed by atoms with Crippen LogP contribution in [-0.4, -0.2) is 29.4 Å². The third kappa shape index (κ3) is 4.73. The first-order valence-corrected chi connectivity index (χ1v) is 8.90. The molecule has 2 aromatic carbocycles. The van der Waals surface area contributed by atoms with Gasteiger partial charge in [-0.2, -0.15) is 0 Å². The highest BCUT2D eigenvalue weighted by atomic mass is 16.4. The summed E-state index contributed by atoms with van der Waals surface area (Å²) in [5.41, 5.74) is 0.319. The first kappa shape index (κ1) is 20.2. The van der Waals surface area contributed by atoms with Crippen LogP contribution in [0.3, 0.4) is 0 Å².